The summed E-state index contributed by atoms with van der Waals surface area (Å²) in [5.74, 6) is 1.16. The molecular weight excluding hydrogens is 254 g/mol. The van der Waals surface area contributed by atoms with Gasteiger partial charge >= 0.3 is 5.97 Å². The Morgan fingerprint density at radius 2 is 1.90 bits per heavy atom. The average Bonchev–Trinajstić information content (AvgIpc) is 3.20. The highest BCUT2D eigenvalue weighted by atomic mass is 16.4. The molecular formula is C15H23N3O2. The minimum absolute atomic E-state index is 0.511. The van der Waals surface area contributed by atoms with Gasteiger partial charge in [-0.2, -0.15) is 0 Å². The SMILES string of the molecule is Cc1nnc(CC2(C(=O)O)CCCCCC2)n1C1CC1. The fourth-order valence-electron chi connectivity index (χ4n) is 3.52. The molecule has 2 aliphatic rings. The number of rotatable bonds is 4. The van der Waals surface area contributed by atoms with Crippen molar-refractivity contribution in [2.45, 2.75) is 70.8 Å². The lowest BCUT2D eigenvalue weighted by Gasteiger charge is -2.27. The third kappa shape index (κ3) is 2.45. The van der Waals surface area contributed by atoms with Crippen molar-refractivity contribution < 1.29 is 9.90 Å². The molecule has 2 aliphatic carbocycles. The van der Waals surface area contributed by atoms with E-state index in [0.29, 0.717) is 12.5 Å². The van der Waals surface area contributed by atoms with E-state index in [2.05, 4.69) is 14.8 Å². The number of aromatic nitrogens is 3. The summed E-state index contributed by atoms with van der Waals surface area (Å²) < 4.78 is 2.18. The minimum Gasteiger partial charge on any atom is -0.481 e. The highest BCUT2D eigenvalue weighted by molar-refractivity contribution is 5.75. The fourth-order valence-corrected chi connectivity index (χ4v) is 3.52. The molecule has 1 heterocycles. The molecule has 0 atom stereocenters. The van der Waals surface area contributed by atoms with Gasteiger partial charge in [0, 0.05) is 12.5 Å². The largest absolute Gasteiger partial charge is 0.481 e. The Morgan fingerprint density at radius 3 is 2.45 bits per heavy atom. The second-order valence-electron chi connectivity index (χ2n) is 6.44. The lowest BCUT2D eigenvalue weighted by molar-refractivity contribution is -0.150. The summed E-state index contributed by atoms with van der Waals surface area (Å²) in [7, 11) is 0. The minimum atomic E-state index is -0.651. The molecule has 0 unspecified atom stereocenters. The van der Waals surface area contributed by atoms with Crippen LogP contribution in [0.4, 0.5) is 0 Å². The molecule has 0 radical (unpaired) electrons. The van der Waals surface area contributed by atoms with Crippen molar-refractivity contribution in [1.82, 2.24) is 14.8 Å². The van der Waals surface area contributed by atoms with Crippen molar-refractivity contribution in [3.63, 3.8) is 0 Å². The van der Waals surface area contributed by atoms with Gasteiger partial charge in [0.05, 0.1) is 5.41 Å². The van der Waals surface area contributed by atoms with Crippen LogP contribution in [0.3, 0.4) is 0 Å². The number of carboxylic acids is 1. The first-order chi connectivity index (χ1) is 9.62. The zero-order valence-electron chi connectivity index (χ0n) is 12.1. The van der Waals surface area contributed by atoms with E-state index in [4.69, 9.17) is 0 Å². The number of carboxylic acid groups (broad SMARTS) is 1. The molecule has 1 aromatic heterocycles. The molecule has 2 saturated carbocycles. The van der Waals surface area contributed by atoms with Crippen molar-refractivity contribution in [2.24, 2.45) is 5.41 Å². The molecule has 0 aromatic carbocycles. The van der Waals surface area contributed by atoms with E-state index < -0.39 is 11.4 Å². The summed E-state index contributed by atoms with van der Waals surface area (Å²) >= 11 is 0. The second kappa shape index (κ2) is 5.19. The van der Waals surface area contributed by atoms with Crippen molar-refractivity contribution in [1.29, 1.82) is 0 Å². The zero-order chi connectivity index (χ0) is 14.2. The summed E-state index contributed by atoms with van der Waals surface area (Å²) in [6.45, 7) is 1.97. The first-order valence-corrected chi connectivity index (χ1v) is 7.76. The summed E-state index contributed by atoms with van der Waals surface area (Å²) in [5.41, 5.74) is -0.622. The normalized spacial score (nSPS) is 22.4. The molecule has 0 saturated heterocycles. The second-order valence-corrected chi connectivity index (χ2v) is 6.44. The van der Waals surface area contributed by atoms with Crippen LogP contribution in [-0.4, -0.2) is 25.8 Å². The van der Waals surface area contributed by atoms with Crippen LogP contribution < -0.4 is 0 Å². The van der Waals surface area contributed by atoms with Crippen molar-refractivity contribution in [2.75, 3.05) is 0 Å². The Hall–Kier alpha value is -1.39. The van der Waals surface area contributed by atoms with Crippen molar-refractivity contribution >= 4 is 5.97 Å². The van der Waals surface area contributed by atoms with Crippen LogP contribution in [0.5, 0.6) is 0 Å². The van der Waals surface area contributed by atoms with Crippen molar-refractivity contribution in [3.8, 4) is 0 Å². The zero-order valence-corrected chi connectivity index (χ0v) is 12.1. The summed E-state index contributed by atoms with van der Waals surface area (Å²) in [6.07, 6.45) is 8.79. The third-order valence-electron chi connectivity index (χ3n) is 4.86. The van der Waals surface area contributed by atoms with Gasteiger partial charge in [-0.25, -0.2) is 0 Å². The Balaban J connectivity index is 1.88. The number of aryl methyl sites for hydroxylation is 1. The Labute approximate surface area is 119 Å². The van der Waals surface area contributed by atoms with Gasteiger partial charge in [-0.3, -0.25) is 4.79 Å². The van der Waals surface area contributed by atoms with Gasteiger partial charge in [0.1, 0.15) is 11.6 Å². The van der Waals surface area contributed by atoms with E-state index in [-0.39, 0.29) is 0 Å². The van der Waals surface area contributed by atoms with E-state index >= 15 is 0 Å². The molecule has 1 aromatic rings. The van der Waals surface area contributed by atoms with Gasteiger partial charge < -0.3 is 9.67 Å². The van der Waals surface area contributed by atoms with Crippen LogP contribution in [0.25, 0.3) is 0 Å². The summed E-state index contributed by atoms with van der Waals surface area (Å²) in [5, 5.41) is 18.2. The maximum atomic E-state index is 11.9. The molecule has 0 amide bonds. The maximum absolute atomic E-state index is 11.9. The third-order valence-corrected chi connectivity index (χ3v) is 4.86. The highest BCUT2D eigenvalue weighted by Crippen LogP contribution is 2.41. The molecule has 0 spiro atoms. The van der Waals surface area contributed by atoms with Crippen LogP contribution in [0.15, 0.2) is 0 Å². The average molecular weight is 277 g/mol. The quantitative estimate of drug-likeness (QED) is 0.859. The number of hydrogen-bond donors (Lipinski definition) is 1. The monoisotopic (exact) mass is 277 g/mol. The van der Waals surface area contributed by atoms with Gasteiger partial charge in [-0.1, -0.05) is 25.7 Å². The van der Waals surface area contributed by atoms with E-state index in [1.54, 1.807) is 0 Å². The lowest BCUT2D eigenvalue weighted by Crippen LogP contribution is -2.34. The van der Waals surface area contributed by atoms with Crippen LogP contribution in [0.1, 0.15) is 69.1 Å². The molecule has 5 nitrogen and oxygen atoms in total. The topological polar surface area (TPSA) is 68.0 Å². The molecule has 0 bridgehead atoms. The lowest BCUT2D eigenvalue weighted by atomic mass is 9.77. The summed E-state index contributed by atoms with van der Waals surface area (Å²) in [6, 6.07) is 0.511. The molecule has 110 valence electrons. The number of aliphatic carboxylic acids is 1. The van der Waals surface area contributed by atoms with Crippen LogP contribution in [0, 0.1) is 12.3 Å². The van der Waals surface area contributed by atoms with Gasteiger partial charge in [0.15, 0.2) is 0 Å². The molecule has 1 N–H and O–H groups in total. The number of nitrogens with zero attached hydrogens (tertiary/aromatic N) is 3. The number of hydrogen-bond acceptors (Lipinski definition) is 3. The van der Waals surface area contributed by atoms with Crippen LogP contribution in [0.2, 0.25) is 0 Å². The molecule has 5 heteroatoms. The smallest absolute Gasteiger partial charge is 0.310 e. The first kappa shape index (κ1) is 13.6. The highest BCUT2D eigenvalue weighted by Gasteiger charge is 2.41. The Kier molecular flexibility index (Phi) is 3.52. The fraction of sp³-hybridized carbons (Fsp3) is 0.800. The number of carbonyl (C=O) groups is 1. The maximum Gasteiger partial charge on any atom is 0.310 e. The summed E-state index contributed by atoms with van der Waals surface area (Å²) in [4.78, 5) is 11.9. The molecule has 3 rings (SSSR count). The van der Waals surface area contributed by atoms with Crippen LogP contribution in [-0.2, 0) is 11.2 Å². The van der Waals surface area contributed by atoms with Gasteiger partial charge in [-0.15, -0.1) is 10.2 Å². The van der Waals surface area contributed by atoms with Crippen molar-refractivity contribution in [3.05, 3.63) is 11.6 Å². The standard InChI is InChI=1S/C15H23N3O2/c1-11-16-17-13(18(11)12-6-7-12)10-15(14(19)20)8-4-2-3-5-9-15/h12H,2-10H2,1H3,(H,19,20). The van der Waals surface area contributed by atoms with E-state index in [0.717, 1.165) is 50.2 Å². The van der Waals surface area contributed by atoms with Crippen LogP contribution >= 0.6 is 0 Å². The van der Waals surface area contributed by atoms with Gasteiger partial charge in [0.25, 0.3) is 0 Å². The Morgan fingerprint density at radius 1 is 1.25 bits per heavy atom. The predicted molar refractivity (Wildman–Crippen MR) is 74.5 cm³/mol. The van der Waals surface area contributed by atoms with E-state index in [9.17, 15) is 9.90 Å². The van der Waals surface area contributed by atoms with Gasteiger partial charge in [-0.05, 0) is 32.6 Å². The van der Waals surface area contributed by atoms with Gasteiger partial charge in [0.2, 0.25) is 0 Å². The first-order valence-electron chi connectivity index (χ1n) is 7.76. The molecule has 2 fully saturated rings. The van der Waals surface area contributed by atoms with E-state index in [1.165, 1.54) is 12.8 Å². The molecule has 0 aliphatic heterocycles. The molecule has 20 heavy (non-hydrogen) atoms. The Bertz CT molecular complexity index is 497. The van der Waals surface area contributed by atoms with E-state index in [1.807, 2.05) is 6.92 Å². The predicted octanol–water partition coefficient (Wildman–Crippen LogP) is 2.89.